The minimum absolute atomic E-state index is 0.0227. The highest BCUT2D eigenvalue weighted by molar-refractivity contribution is 14.1. The van der Waals surface area contributed by atoms with Gasteiger partial charge in [-0.3, -0.25) is 4.79 Å². The number of halogens is 2. The molecule has 0 spiro atoms. The Morgan fingerprint density at radius 2 is 2.31 bits per heavy atom. The zero-order valence-electron chi connectivity index (χ0n) is 9.30. The Hall–Kier alpha value is 0.190. The first-order valence-electron chi connectivity index (χ1n) is 5.13. The number of thiophene rings is 1. The molecule has 1 unspecified atom stereocenters. The molecule has 1 atom stereocenters. The predicted octanol–water partition coefficient (Wildman–Crippen LogP) is 3.74. The van der Waals surface area contributed by atoms with Gasteiger partial charge in [-0.25, -0.2) is 0 Å². The Morgan fingerprint density at radius 1 is 1.62 bits per heavy atom. The molecule has 1 amide bonds. The van der Waals surface area contributed by atoms with Crippen LogP contribution in [0.5, 0.6) is 0 Å². The van der Waals surface area contributed by atoms with E-state index in [1.54, 1.807) is 11.3 Å². The lowest BCUT2D eigenvalue weighted by Gasteiger charge is -2.17. The van der Waals surface area contributed by atoms with Gasteiger partial charge < -0.3 is 5.32 Å². The first-order chi connectivity index (χ1) is 7.52. The number of carbonyl (C=O) groups excluding carboxylic acids is 1. The summed E-state index contributed by atoms with van der Waals surface area (Å²) in [5, 5.41) is 4.83. The van der Waals surface area contributed by atoms with E-state index >= 15 is 0 Å². The van der Waals surface area contributed by atoms with E-state index in [2.05, 4.69) is 41.8 Å². The van der Waals surface area contributed by atoms with Gasteiger partial charge in [0, 0.05) is 17.3 Å². The summed E-state index contributed by atoms with van der Waals surface area (Å²) < 4.78 is 1.12. The average Bonchev–Trinajstić information content (AvgIpc) is 2.63. The molecule has 0 aliphatic heterocycles. The van der Waals surface area contributed by atoms with Crippen LogP contribution in [0, 0.1) is 8.80 Å². The molecule has 0 aliphatic carbocycles. The molecule has 0 radical (unpaired) electrons. The molecule has 0 aliphatic rings. The van der Waals surface area contributed by atoms with Crippen molar-refractivity contribution < 1.29 is 4.79 Å². The van der Waals surface area contributed by atoms with Crippen molar-refractivity contribution in [1.82, 2.24) is 5.32 Å². The second-order valence-corrected chi connectivity index (χ2v) is 7.21. The first-order valence-corrected chi connectivity index (χ1v) is 7.63. The molecule has 5 heteroatoms. The maximum atomic E-state index is 11.8. The van der Waals surface area contributed by atoms with Gasteiger partial charge in [-0.15, -0.1) is 22.9 Å². The molecule has 2 nitrogen and oxygen atoms in total. The van der Waals surface area contributed by atoms with Crippen molar-refractivity contribution in [2.75, 3.05) is 5.88 Å². The smallest absolute Gasteiger partial charge is 0.252 e. The van der Waals surface area contributed by atoms with Crippen molar-refractivity contribution in [3.63, 3.8) is 0 Å². The van der Waals surface area contributed by atoms with E-state index in [9.17, 15) is 4.79 Å². The van der Waals surface area contributed by atoms with E-state index in [1.165, 1.54) is 0 Å². The van der Waals surface area contributed by atoms with Crippen molar-refractivity contribution in [2.45, 2.75) is 26.3 Å². The molecule has 0 fully saturated rings. The normalized spacial score (nSPS) is 12.8. The fraction of sp³-hybridized carbons (Fsp3) is 0.545. The highest BCUT2D eigenvalue weighted by Crippen LogP contribution is 2.17. The lowest BCUT2D eigenvalue weighted by Crippen LogP contribution is -2.36. The number of rotatable bonds is 5. The molecule has 0 aromatic carbocycles. The third-order valence-electron chi connectivity index (χ3n) is 2.11. The minimum Gasteiger partial charge on any atom is -0.348 e. The summed E-state index contributed by atoms with van der Waals surface area (Å²) in [6.07, 6.45) is 0.913. The van der Waals surface area contributed by atoms with E-state index in [4.69, 9.17) is 11.6 Å². The first kappa shape index (κ1) is 14.3. The number of nitrogens with one attached hydrogen (secondary N) is 1. The van der Waals surface area contributed by atoms with Crippen molar-refractivity contribution in [2.24, 2.45) is 5.92 Å². The van der Waals surface area contributed by atoms with Crippen LogP contribution < -0.4 is 5.32 Å². The van der Waals surface area contributed by atoms with Crippen molar-refractivity contribution in [3.8, 4) is 0 Å². The fourth-order valence-corrected chi connectivity index (χ4v) is 2.96. The maximum absolute atomic E-state index is 11.8. The quantitative estimate of drug-likeness (QED) is 0.620. The Morgan fingerprint density at radius 3 is 2.75 bits per heavy atom. The summed E-state index contributed by atoms with van der Waals surface area (Å²) in [4.78, 5) is 11.8. The number of carbonyl (C=O) groups is 1. The fourth-order valence-electron chi connectivity index (χ4n) is 1.43. The van der Waals surface area contributed by atoms with Crippen LogP contribution in [-0.2, 0) is 0 Å². The minimum atomic E-state index is -0.0227. The third-order valence-corrected chi connectivity index (χ3v) is 4.27. The van der Waals surface area contributed by atoms with Crippen LogP contribution in [0.15, 0.2) is 11.4 Å². The average molecular weight is 372 g/mol. The molecule has 1 N–H and O–H groups in total. The zero-order valence-corrected chi connectivity index (χ0v) is 13.0. The lowest BCUT2D eigenvalue weighted by molar-refractivity contribution is 0.0937. The van der Waals surface area contributed by atoms with E-state index in [0.29, 0.717) is 11.8 Å². The molecular formula is C11H15ClINOS. The van der Waals surface area contributed by atoms with Crippen LogP contribution in [0.4, 0.5) is 0 Å². The molecular weight excluding hydrogens is 357 g/mol. The third kappa shape index (κ3) is 4.59. The van der Waals surface area contributed by atoms with Gasteiger partial charge in [-0.2, -0.15) is 0 Å². The molecule has 1 heterocycles. The second kappa shape index (κ2) is 6.81. The van der Waals surface area contributed by atoms with Gasteiger partial charge in [0.15, 0.2) is 0 Å². The van der Waals surface area contributed by atoms with Crippen LogP contribution in [0.1, 0.15) is 30.6 Å². The van der Waals surface area contributed by atoms with E-state index in [-0.39, 0.29) is 11.9 Å². The molecule has 16 heavy (non-hydrogen) atoms. The van der Waals surface area contributed by atoms with Crippen LogP contribution in [0.25, 0.3) is 0 Å². The van der Waals surface area contributed by atoms with Gasteiger partial charge in [0.05, 0.1) is 8.45 Å². The van der Waals surface area contributed by atoms with Crippen molar-refractivity contribution in [3.05, 3.63) is 19.9 Å². The Labute approximate surface area is 119 Å². The van der Waals surface area contributed by atoms with Crippen LogP contribution >= 0.6 is 45.5 Å². The number of hydrogen-bond acceptors (Lipinski definition) is 2. The Bertz CT molecular complexity index is 354. The van der Waals surface area contributed by atoms with E-state index < -0.39 is 0 Å². The molecule has 0 bridgehead atoms. The summed E-state index contributed by atoms with van der Waals surface area (Å²) in [6, 6.07) is 1.95. The Balaban J connectivity index is 2.55. The van der Waals surface area contributed by atoms with Gasteiger partial charge in [0.25, 0.3) is 5.91 Å². The molecule has 90 valence electrons. The van der Waals surface area contributed by atoms with E-state index in [1.807, 2.05) is 11.4 Å². The molecule has 0 saturated carbocycles. The molecule has 0 saturated heterocycles. The maximum Gasteiger partial charge on any atom is 0.252 e. The van der Waals surface area contributed by atoms with Crippen molar-refractivity contribution >= 4 is 51.4 Å². The SMILES string of the molecule is CC(C)CC(CCl)NC(=O)c1csc(I)c1. The number of amides is 1. The number of alkyl halides is 1. The van der Waals surface area contributed by atoms with Gasteiger partial charge in [0.2, 0.25) is 0 Å². The highest BCUT2D eigenvalue weighted by atomic mass is 127. The molecule has 1 aromatic rings. The summed E-state index contributed by atoms with van der Waals surface area (Å²) in [7, 11) is 0. The number of hydrogen-bond donors (Lipinski definition) is 1. The Kier molecular flexibility index (Phi) is 6.07. The zero-order chi connectivity index (χ0) is 12.1. The van der Waals surface area contributed by atoms with Gasteiger partial charge in [-0.05, 0) is 41.0 Å². The monoisotopic (exact) mass is 371 g/mol. The molecule has 1 rings (SSSR count). The predicted molar refractivity (Wildman–Crippen MR) is 78.5 cm³/mol. The van der Waals surface area contributed by atoms with Crippen LogP contribution in [0.3, 0.4) is 0 Å². The van der Waals surface area contributed by atoms with Crippen LogP contribution in [-0.4, -0.2) is 17.8 Å². The topological polar surface area (TPSA) is 29.1 Å². The summed E-state index contributed by atoms with van der Waals surface area (Å²) in [6.45, 7) is 4.25. The summed E-state index contributed by atoms with van der Waals surface area (Å²) >= 11 is 9.62. The summed E-state index contributed by atoms with van der Waals surface area (Å²) in [5.74, 6) is 0.975. The highest BCUT2D eigenvalue weighted by Gasteiger charge is 2.15. The standard InChI is InChI=1S/C11H15ClINOS/c1-7(2)3-9(5-12)14-11(15)8-4-10(13)16-6-8/h4,6-7,9H,3,5H2,1-2H3,(H,14,15). The van der Waals surface area contributed by atoms with Crippen LogP contribution in [0.2, 0.25) is 0 Å². The largest absolute Gasteiger partial charge is 0.348 e. The molecule has 1 aromatic heterocycles. The van der Waals surface area contributed by atoms with E-state index in [0.717, 1.165) is 14.9 Å². The lowest BCUT2D eigenvalue weighted by atomic mass is 10.1. The second-order valence-electron chi connectivity index (χ2n) is 4.09. The summed E-state index contributed by atoms with van der Waals surface area (Å²) in [5.41, 5.74) is 0.730. The van der Waals surface area contributed by atoms with Gasteiger partial charge in [0.1, 0.15) is 0 Å². The van der Waals surface area contributed by atoms with Crippen molar-refractivity contribution in [1.29, 1.82) is 0 Å². The van der Waals surface area contributed by atoms with Gasteiger partial charge in [-0.1, -0.05) is 13.8 Å². The van der Waals surface area contributed by atoms with Gasteiger partial charge >= 0.3 is 0 Å².